The van der Waals surface area contributed by atoms with Crippen molar-refractivity contribution in [2.45, 2.75) is 6.92 Å². The number of halogens is 1. The molecule has 5 heteroatoms. The van der Waals surface area contributed by atoms with Gasteiger partial charge in [0.1, 0.15) is 11.0 Å². The van der Waals surface area contributed by atoms with Crippen LogP contribution in [0.15, 0.2) is 36.7 Å². The number of amides is 1. The first-order valence-corrected chi connectivity index (χ1v) is 5.38. The van der Waals surface area contributed by atoms with Crippen LogP contribution in [-0.2, 0) is 0 Å². The number of hydrogen-bond donors (Lipinski definition) is 1. The summed E-state index contributed by atoms with van der Waals surface area (Å²) in [6.45, 7) is 1.88. The van der Waals surface area contributed by atoms with Crippen molar-refractivity contribution in [3.05, 3.63) is 52.9 Å². The minimum atomic E-state index is -0.254. The summed E-state index contributed by atoms with van der Waals surface area (Å²) in [6.07, 6.45) is 3.20. The minimum absolute atomic E-state index is 0.254. The van der Waals surface area contributed by atoms with E-state index in [0.717, 1.165) is 5.56 Å². The molecule has 0 saturated carbocycles. The monoisotopic (exact) mass is 247 g/mol. The predicted molar refractivity (Wildman–Crippen MR) is 66.2 cm³/mol. The van der Waals surface area contributed by atoms with Gasteiger partial charge in [0, 0.05) is 12.4 Å². The Hall–Kier alpha value is -1.94. The van der Waals surface area contributed by atoms with E-state index in [1.165, 1.54) is 6.20 Å². The molecule has 0 aliphatic rings. The molecule has 0 spiro atoms. The number of aryl methyl sites for hydroxylation is 1. The van der Waals surface area contributed by atoms with Gasteiger partial charge in [0.15, 0.2) is 0 Å². The zero-order chi connectivity index (χ0) is 12.3. The van der Waals surface area contributed by atoms with Crippen LogP contribution in [0.25, 0.3) is 0 Å². The molecule has 0 radical (unpaired) electrons. The summed E-state index contributed by atoms with van der Waals surface area (Å²) in [5.41, 5.74) is 1.42. The topological polar surface area (TPSA) is 54.9 Å². The van der Waals surface area contributed by atoms with Crippen molar-refractivity contribution in [2.75, 3.05) is 5.32 Å². The number of rotatable bonds is 2. The third-order valence-corrected chi connectivity index (χ3v) is 2.30. The number of carbonyl (C=O) groups excluding carboxylic acids is 1. The van der Waals surface area contributed by atoms with Gasteiger partial charge in [-0.05, 0) is 30.7 Å². The average molecular weight is 248 g/mol. The fourth-order valence-electron chi connectivity index (χ4n) is 1.35. The predicted octanol–water partition coefficient (Wildman–Crippen LogP) is 2.69. The lowest BCUT2D eigenvalue weighted by Crippen LogP contribution is -2.13. The molecule has 0 unspecified atom stereocenters. The summed E-state index contributed by atoms with van der Waals surface area (Å²) < 4.78 is 0. The molecule has 0 fully saturated rings. The molecule has 1 N–H and O–H groups in total. The first-order valence-electron chi connectivity index (χ1n) is 5.01. The van der Waals surface area contributed by atoms with Gasteiger partial charge in [0.2, 0.25) is 0 Å². The van der Waals surface area contributed by atoms with E-state index in [0.29, 0.717) is 16.5 Å². The number of hydrogen-bond acceptors (Lipinski definition) is 3. The van der Waals surface area contributed by atoms with Crippen molar-refractivity contribution in [3.63, 3.8) is 0 Å². The summed E-state index contributed by atoms with van der Waals surface area (Å²) in [6, 6.07) is 6.80. The molecule has 0 bridgehead atoms. The Labute approximate surface area is 104 Å². The molecule has 0 aliphatic heterocycles. The third-order valence-electron chi connectivity index (χ3n) is 2.09. The lowest BCUT2D eigenvalue weighted by atomic mass is 10.2. The zero-order valence-electron chi connectivity index (χ0n) is 9.14. The second-order valence-corrected chi connectivity index (χ2v) is 3.94. The van der Waals surface area contributed by atoms with E-state index >= 15 is 0 Å². The first kappa shape index (κ1) is 11.5. The fraction of sp³-hybridized carbons (Fsp3) is 0.0833. The molecule has 2 aromatic heterocycles. The molecule has 17 heavy (non-hydrogen) atoms. The third kappa shape index (κ3) is 3.01. The van der Waals surface area contributed by atoms with Crippen LogP contribution in [0, 0.1) is 6.92 Å². The highest BCUT2D eigenvalue weighted by Gasteiger charge is 2.07. The van der Waals surface area contributed by atoms with Gasteiger partial charge in [-0.25, -0.2) is 4.98 Å². The summed E-state index contributed by atoms with van der Waals surface area (Å²) in [5, 5.41) is 2.99. The zero-order valence-corrected chi connectivity index (χ0v) is 9.90. The Balaban J connectivity index is 2.17. The maximum atomic E-state index is 11.8. The van der Waals surface area contributed by atoms with E-state index in [-0.39, 0.29) is 5.91 Å². The van der Waals surface area contributed by atoms with E-state index in [4.69, 9.17) is 11.6 Å². The van der Waals surface area contributed by atoms with Crippen LogP contribution in [0.3, 0.4) is 0 Å². The van der Waals surface area contributed by atoms with Crippen molar-refractivity contribution in [1.29, 1.82) is 0 Å². The van der Waals surface area contributed by atoms with E-state index in [1.807, 2.05) is 6.92 Å². The van der Waals surface area contributed by atoms with Crippen LogP contribution < -0.4 is 5.32 Å². The number of nitrogens with zero attached hydrogens (tertiary/aromatic N) is 2. The van der Waals surface area contributed by atoms with Crippen LogP contribution in [-0.4, -0.2) is 15.9 Å². The second-order valence-electron chi connectivity index (χ2n) is 3.55. The molecule has 0 aliphatic carbocycles. The van der Waals surface area contributed by atoms with E-state index in [9.17, 15) is 4.79 Å². The molecule has 0 saturated heterocycles. The molecule has 1 amide bonds. The Morgan fingerprint density at radius 3 is 2.88 bits per heavy atom. The summed E-state index contributed by atoms with van der Waals surface area (Å²) in [5.74, 6) is 0.167. The van der Waals surface area contributed by atoms with E-state index in [2.05, 4.69) is 15.3 Å². The summed E-state index contributed by atoms with van der Waals surface area (Å²) in [4.78, 5) is 19.8. The van der Waals surface area contributed by atoms with Crippen LogP contribution in [0.4, 0.5) is 5.82 Å². The lowest BCUT2D eigenvalue weighted by molar-refractivity contribution is 0.102. The number of carbonyl (C=O) groups is 1. The van der Waals surface area contributed by atoms with Crippen LogP contribution in [0.1, 0.15) is 15.9 Å². The van der Waals surface area contributed by atoms with E-state index < -0.39 is 0 Å². The molecule has 2 heterocycles. The van der Waals surface area contributed by atoms with Crippen molar-refractivity contribution >= 4 is 23.3 Å². The van der Waals surface area contributed by atoms with Crippen LogP contribution in [0.5, 0.6) is 0 Å². The van der Waals surface area contributed by atoms with Crippen molar-refractivity contribution in [1.82, 2.24) is 9.97 Å². The SMILES string of the molecule is Cc1cncc(C(=O)Nc2cccc(Cl)n2)c1. The first-order chi connectivity index (χ1) is 8.15. The van der Waals surface area contributed by atoms with Gasteiger partial charge in [-0.15, -0.1) is 0 Å². The molecular formula is C12H10ClN3O. The number of anilines is 1. The molecule has 0 atom stereocenters. The van der Waals surface area contributed by atoms with Gasteiger partial charge in [0.25, 0.3) is 5.91 Å². The average Bonchev–Trinajstić information content (AvgIpc) is 2.29. The maximum absolute atomic E-state index is 11.8. The maximum Gasteiger partial charge on any atom is 0.258 e. The highest BCUT2D eigenvalue weighted by atomic mass is 35.5. The molecule has 86 valence electrons. The van der Waals surface area contributed by atoms with E-state index in [1.54, 1.807) is 30.5 Å². The van der Waals surface area contributed by atoms with Gasteiger partial charge in [-0.2, -0.15) is 0 Å². The number of aromatic nitrogens is 2. The quantitative estimate of drug-likeness (QED) is 0.830. The van der Waals surface area contributed by atoms with Gasteiger partial charge >= 0.3 is 0 Å². The molecule has 0 aromatic carbocycles. The normalized spacial score (nSPS) is 10.0. The Morgan fingerprint density at radius 2 is 2.18 bits per heavy atom. The van der Waals surface area contributed by atoms with Crippen molar-refractivity contribution in [3.8, 4) is 0 Å². The van der Waals surface area contributed by atoms with Gasteiger partial charge in [0.05, 0.1) is 5.56 Å². The fourth-order valence-corrected chi connectivity index (χ4v) is 1.51. The highest BCUT2D eigenvalue weighted by molar-refractivity contribution is 6.29. The lowest BCUT2D eigenvalue weighted by Gasteiger charge is -2.04. The smallest absolute Gasteiger partial charge is 0.258 e. The van der Waals surface area contributed by atoms with Crippen molar-refractivity contribution < 1.29 is 4.79 Å². The standard InChI is InChI=1S/C12H10ClN3O/c1-8-5-9(7-14-6-8)12(17)16-11-4-2-3-10(13)15-11/h2-7H,1H3,(H,15,16,17). The van der Waals surface area contributed by atoms with Crippen LogP contribution >= 0.6 is 11.6 Å². The highest BCUT2D eigenvalue weighted by Crippen LogP contribution is 2.11. The summed E-state index contributed by atoms with van der Waals surface area (Å²) in [7, 11) is 0. The molecular weight excluding hydrogens is 238 g/mol. The largest absolute Gasteiger partial charge is 0.306 e. The Morgan fingerprint density at radius 1 is 1.35 bits per heavy atom. The molecule has 2 aromatic rings. The van der Waals surface area contributed by atoms with Crippen LogP contribution in [0.2, 0.25) is 5.15 Å². The minimum Gasteiger partial charge on any atom is -0.306 e. The summed E-state index contributed by atoms with van der Waals surface area (Å²) >= 11 is 5.72. The number of nitrogens with one attached hydrogen (secondary N) is 1. The van der Waals surface area contributed by atoms with Gasteiger partial charge < -0.3 is 5.32 Å². The van der Waals surface area contributed by atoms with Gasteiger partial charge in [-0.1, -0.05) is 17.7 Å². The Kier molecular flexibility index (Phi) is 3.35. The Bertz CT molecular complexity index is 557. The molecule has 2 rings (SSSR count). The number of pyridine rings is 2. The van der Waals surface area contributed by atoms with Gasteiger partial charge in [-0.3, -0.25) is 9.78 Å². The molecule has 4 nitrogen and oxygen atoms in total. The second kappa shape index (κ2) is 4.93. The van der Waals surface area contributed by atoms with Crippen molar-refractivity contribution in [2.24, 2.45) is 0 Å².